The number of carbonyl (C=O) groups excluding carboxylic acids is 2. The van der Waals surface area contributed by atoms with Crippen LogP contribution in [0.25, 0.3) is 34.4 Å². The lowest BCUT2D eigenvalue weighted by Crippen LogP contribution is -2.50. The van der Waals surface area contributed by atoms with Gasteiger partial charge in [-0.3, -0.25) is 14.7 Å². The van der Waals surface area contributed by atoms with Gasteiger partial charge in [0.15, 0.2) is 5.65 Å². The number of rotatable bonds is 5. The van der Waals surface area contributed by atoms with E-state index < -0.39 is 6.09 Å². The first kappa shape index (κ1) is 27.8. The Labute approximate surface area is 231 Å². The van der Waals surface area contributed by atoms with Gasteiger partial charge in [-0.2, -0.15) is 5.10 Å². The second kappa shape index (κ2) is 12.6. The number of phenols is 1. The van der Waals surface area contributed by atoms with Gasteiger partial charge in [0, 0.05) is 45.8 Å². The fourth-order valence-corrected chi connectivity index (χ4v) is 4.13. The Balaban J connectivity index is 0.000000681. The molecule has 1 aliphatic heterocycles. The summed E-state index contributed by atoms with van der Waals surface area (Å²) in [5, 5.41) is 26.9. The maximum Gasteiger partial charge on any atom is 0.407 e. The van der Waals surface area contributed by atoms with Gasteiger partial charge >= 0.3 is 6.09 Å². The van der Waals surface area contributed by atoms with Crippen molar-refractivity contribution in [2.75, 3.05) is 40.3 Å². The number of hydrogen-bond acceptors (Lipinski definition) is 6. The molecule has 11 heteroatoms. The molecule has 1 fully saturated rings. The first-order chi connectivity index (χ1) is 19.3. The van der Waals surface area contributed by atoms with Crippen molar-refractivity contribution in [3.63, 3.8) is 0 Å². The Morgan fingerprint density at radius 1 is 0.950 bits per heavy atom. The molecule has 0 spiro atoms. The van der Waals surface area contributed by atoms with Crippen LogP contribution in [0.2, 0.25) is 0 Å². The minimum Gasteiger partial charge on any atom is -0.508 e. The fourth-order valence-electron chi connectivity index (χ4n) is 4.13. The molecule has 2 aromatic heterocycles. The third kappa shape index (κ3) is 6.62. The average molecular weight is 543 g/mol. The number of aromatic amines is 1. The molecule has 3 amide bonds. The molecule has 0 aliphatic carbocycles. The van der Waals surface area contributed by atoms with Crippen LogP contribution >= 0.6 is 0 Å². The number of aromatic nitrogens is 3. The number of H-pyrrole nitrogens is 1. The number of aromatic hydroxyl groups is 1. The van der Waals surface area contributed by atoms with Crippen LogP contribution in [-0.2, 0) is 4.79 Å². The highest BCUT2D eigenvalue weighted by atomic mass is 16.4. The fraction of sp³-hybridized carbons (Fsp3) is 0.207. The molecule has 0 atom stereocenters. The van der Waals surface area contributed by atoms with Crippen molar-refractivity contribution < 1.29 is 24.6 Å². The second-order valence-electron chi connectivity index (χ2n) is 9.31. The van der Waals surface area contributed by atoms with Gasteiger partial charge in [-0.1, -0.05) is 36.4 Å². The molecule has 1 aliphatic rings. The Morgan fingerprint density at radius 3 is 2.17 bits per heavy atom. The number of nitrogens with one attached hydrogen (secondary N) is 1. The van der Waals surface area contributed by atoms with E-state index in [1.807, 2.05) is 42.5 Å². The minimum atomic E-state index is -0.985. The first-order valence-electron chi connectivity index (χ1n) is 12.6. The van der Waals surface area contributed by atoms with Crippen LogP contribution in [0.3, 0.4) is 0 Å². The minimum absolute atomic E-state index is 0.136. The van der Waals surface area contributed by atoms with E-state index in [0.717, 1.165) is 17.5 Å². The van der Waals surface area contributed by atoms with E-state index >= 15 is 0 Å². The Bertz CT molecular complexity index is 1510. The molecular weight excluding hydrogens is 512 g/mol. The standard InChI is InChI=1S/C26H23N5O4.C3H7NO/c32-19-9-7-18(8-10-19)22-16-20(25(33)30-12-14-31(15-13-30)26(34)35)23-21(28-29-24(23)27-22)11-6-17-4-2-1-3-5-17;1-4(2)3-5/h1-11,16,32H,12-15H2,(H,34,35)(H,27,28,29);3H,1-2H3/b11-6+;. The first-order valence-corrected chi connectivity index (χ1v) is 12.6. The molecule has 11 nitrogen and oxygen atoms in total. The average Bonchev–Trinajstić information content (AvgIpc) is 3.39. The maximum absolute atomic E-state index is 13.7. The van der Waals surface area contributed by atoms with Crippen LogP contribution in [0.1, 0.15) is 21.6 Å². The molecule has 4 aromatic rings. The number of carboxylic acid groups (broad SMARTS) is 1. The summed E-state index contributed by atoms with van der Waals surface area (Å²) in [7, 11) is 3.38. The van der Waals surface area contributed by atoms with Crippen molar-refractivity contribution >= 4 is 41.6 Å². The molecule has 0 radical (unpaired) electrons. The predicted molar refractivity (Wildman–Crippen MR) is 152 cm³/mol. The SMILES string of the molecule is CN(C)C=O.O=C(O)N1CCN(C(=O)c2cc(-c3ccc(O)cc3)nc3[nH]nc(/C=C/c4ccccc4)c23)CC1. The van der Waals surface area contributed by atoms with E-state index in [4.69, 9.17) is 0 Å². The summed E-state index contributed by atoms with van der Waals surface area (Å²) in [4.78, 5) is 43.5. The molecule has 206 valence electrons. The highest BCUT2D eigenvalue weighted by molar-refractivity contribution is 6.09. The molecule has 40 heavy (non-hydrogen) atoms. The number of fused-ring (bicyclic) bond motifs is 1. The van der Waals surface area contributed by atoms with Gasteiger partial charge in [0.1, 0.15) is 5.75 Å². The zero-order valence-electron chi connectivity index (χ0n) is 22.2. The lowest BCUT2D eigenvalue weighted by molar-refractivity contribution is -0.115. The van der Waals surface area contributed by atoms with Crippen molar-refractivity contribution in [3.05, 3.63) is 77.5 Å². The van der Waals surface area contributed by atoms with E-state index in [0.29, 0.717) is 41.1 Å². The summed E-state index contributed by atoms with van der Waals surface area (Å²) in [5.74, 6) is -0.0736. The van der Waals surface area contributed by atoms with Gasteiger partial charge in [-0.15, -0.1) is 0 Å². The van der Waals surface area contributed by atoms with Crippen LogP contribution in [0.5, 0.6) is 5.75 Å². The van der Waals surface area contributed by atoms with Crippen molar-refractivity contribution in [2.45, 2.75) is 0 Å². The summed E-state index contributed by atoms with van der Waals surface area (Å²) in [6.45, 7) is 1.12. The topological polar surface area (TPSA) is 143 Å². The number of pyridine rings is 1. The number of phenolic OH excluding ortho intramolecular Hbond substituents is 1. The smallest absolute Gasteiger partial charge is 0.407 e. The number of nitrogens with zero attached hydrogens (tertiary/aromatic N) is 5. The van der Waals surface area contributed by atoms with Gasteiger partial charge < -0.3 is 24.9 Å². The molecule has 3 heterocycles. The third-order valence-electron chi connectivity index (χ3n) is 6.23. The number of hydrogen-bond donors (Lipinski definition) is 3. The Hall–Kier alpha value is -5.19. The second-order valence-corrected chi connectivity index (χ2v) is 9.31. The quantitative estimate of drug-likeness (QED) is 0.327. The highest BCUT2D eigenvalue weighted by Gasteiger charge is 2.27. The summed E-state index contributed by atoms with van der Waals surface area (Å²) in [5.41, 5.74) is 3.79. The molecule has 3 N–H and O–H groups in total. The summed E-state index contributed by atoms with van der Waals surface area (Å²) in [6.07, 6.45) is 3.53. The number of carbonyl (C=O) groups is 3. The van der Waals surface area contributed by atoms with Crippen LogP contribution in [0.4, 0.5) is 4.79 Å². The van der Waals surface area contributed by atoms with Crippen molar-refractivity contribution in [1.82, 2.24) is 29.9 Å². The number of amides is 3. The van der Waals surface area contributed by atoms with Crippen molar-refractivity contribution in [1.29, 1.82) is 0 Å². The molecule has 0 saturated carbocycles. The van der Waals surface area contributed by atoms with Crippen LogP contribution in [0.15, 0.2) is 60.7 Å². The highest BCUT2D eigenvalue weighted by Crippen LogP contribution is 2.29. The molecule has 2 aromatic carbocycles. The monoisotopic (exact) mass is 542 g/mol. The van der Waals surface area contributed by atoms with Gasteiger partial charge in [-0.05, 0) is 42.0 Å². The summed E-state index contributed by atoms with van der Waals surface area (Å²) >= 11 is 0. The zero-order valence-corrected chi connectivity index (χ0v) is 22.2. The van der Waals surface area contributed by atoms with Gasteiger partial charge in [0.05, 0.1) is 22.3 Å². The lowest BCUT2D eigenvalue weighted by atomic mass is 10.0. The molecular formula is C29H30N6O5. The molecule has 0 bridgehead atoms. The summed E-state index contributed by atoms with van der Waals surface area (Å²) in [6, 6.07) is 18.1. The molecule has 1 saturated heterocycles. The predicted octanol–water partition coefficient (Wildman–Crippen LogP) is 3.64. The summed E-state index contributed by atoms with van der Waals surface area (Å²) < 4.78 is 0. The zero-order chi connectivity index (χ0) is 28.6. The van der Waals surface area contributed by atoms with E-state index in [1.165, 1.54) is 9.80 Å². The van der Waals surface area contributed by atoms with Crippen molar-refractivity contribution in [3.8, 4) is 17.0 Å². The van der Waals surface area contributed by atoms with Crippen molar-refractivity contribution in [2.24, 2.45) is 0 Å². The van der Waals surface area contributed by atoms with Crippen LogP contribution in [0, 0.1) is 0 Å². The van der Waals surface area contributed by atoms with Crippen LogP contribution in [-0.4, -0.2) is 98.8 Å². The lowest BCUT2D eigenvalue weighted by Gasteiger charge is -2.33. The van der Waals surface area contributed by atoms with Gasteiger partial charge in [-0.25, -0.2) is 9.78 Å². The Kier molecular flexibility index (Phi) is 8.75. The largest absolute Gasteiger partial charge is 0.508 e. The Morgan fingerprint density at radius 2 is 1.57 bits per heavy atom. The maximum atomic E-state index is 13.7. The van der Waals surface area contributed by atoms with Crippen LogP contribution < -0.4 is 0 Å². The molecule has 5 rings (SSSR count). The van der Waals surface area contributed by atoms with E-state index in [2.05, 4.69) is 15.2 Å². The van der Waals surface area contributed by atoms with Gasteiger partial charge in [0.25, 0.3) is 5.91 Å². The van der Waals surface area contributed by atoms with E-state index in [9.17, 15) is 24.6 Å². The molecule has 0 unspecified atom stereocenters. The van der Waals surface area contributed by atoms with Gasteiger partial charge in [0.2, 0.25) is 6.41 Å². The normalized spacial score (nSPS) is 13.2. The number of piperazine rings is 1. The van der Waals surface area contributed by atoms with E-state index in [-0.39, 0.29) is 24.7 Å². The van der Waals surface area contributed by atoms with E-state index in [1.54, 1.807) is 49.3 Å². The number of benzene rings is 2. The third-order valence-corrected chi connectivity index (χ3v) is 6.23.